The van der Waals surface area contributed by atoms with Crippen LogP contribution in [-0.4, -0.2) is 109 Å². The number of amides is 1. The van der Waals surface area contributed by atoms with E-state index in [4.69, 9.17) is 23.9 Å². The molecular formula is C32H41BrF3N5O5. The molecule has 1 spiro atoms. The van der Waals surface area contributed by atoms with Crippen LogP contribution in [0.2, 0.25) is 0 Å². The fourth-order valence-electron chi connectivity index (χ4n) is 6.60. The number of carbonyl (C=O) groups is 1. The molecule has 0 radical (unpaired) electrons. The van der Waals surface area contributed by atoms with E-state index in [1.807, 2.05) is 26.8 Å². The minimum Gasteiger partial charge on any atom is -0.481 e. The van der Waals surface area contributed by atoms with Crippen LogP contribution in [0.1, 0.15) is 52.0 Å². The minimum absolute atomic E-state index is 0.00863. The summed E-state index contributed by atoms with van der Waals surface area (Å²) in [4.78, 5) is 28.4. The Balaban J connectivity index is 1.26. The zero-order chi connectivity index (χ0) is 32.9. The van der Waals surface area contributed by atoms with E-state index in [1.165, 1.54) is 0 Å². The molecule has 0 N–H and O–H groups in total. The van der Waals surface area contributed by atoms with Crippen molar-refractivity contribution in [1.29, 1.82) is 0 Å². The van der Waals surface area contributed by atoms with Crippen molar-refractivity contribution >= 4 is 44.8 Å². The molecule has 4 aliphatic heterocycles. The van der Waals surface area contributed by atoms with Crippen LogP contribution in [0.3, 0.4) is 0 Å². The van der Waals surface area contributed by atoms with Gasteiger partial charge in [0.2, 0.25) is 0 Å². The lowest BCUT2D eigenvalue weighted by Crippen LogP contribution is -2.62. The summed E-state index contributed by atoms with van der Waals surface area (Å²) in [5, 5.41) is 0.558. The fraction of sp³-hybridized carbons (Fsp3) is 0.656. The largest absolute Gasteiger partial charge is 0.481 e. The van der Waals surface area contributed by atoms with Crippen molar-refractivity contribution in [1.82, 2.24) is 19.8 Å². The summed E-state index contributed by atoms with van der Waals surface area (Å²) in [6, 6.07) is 2.38. The third kappa shape index (κ3) is 7.18. The first-order valence-electron chi connectivity index (χ1n) is 15.8. The number of nitrogens with zero attached hydrogens (tertiary/aromatic N) is 5. The van der Waals surface area contributed by atoms with Crippen LogP contribution < -0.4 is 14.4 Å². The SMILES string of the molecule is C=Cc1cc2c(N3CCC4(CC3)CN(C(=O)OC(C)(C)C)C4)nc(OC3CCN(C4COC4)CC3)nc2c(OCC(F)(F)F)c1Br. The smallest absolute Gasteiger partial charge is 0.422 e. The molecule has 1 aromatic carbocycles. The second-order valence-electron chi connectivity index (χ2n) is 13.8. The topological polar surface area (TPSA) is 89.5 Å². The van der Waals surface area contributed by atoms with Gasteiger partial charge in [-0.1, -0.05) is 12.7 Å². The van der Waals surface area contributed by atoms with Gasteiger partial charge in [-0.3, -0.25) is 4.90 Å². The first-order chi connectivity index (χ1) is 21.7. The lowest BCUT2D eigenvalue weighted by atomic mass is 9.72. The van der Waals surface area contributed by atoms with Crippen LogP contribution in [0.4, 0.5) is 23.8 Å². The summed E-state index contributed by atoms with van der Waals surface area (Å²) >= 11 is 3.44. The van der Waals surface area contributed by atoms with E-state index in [0.29, 0.717) is 53.5 Å². The van der Waals surface area contributed by atoms with Gasteiger partial charge in [-0.05, 0) is 74.0 Å². The average Bonchev–Trinajstić information content (AvgIpc) is 2.93. The van der Waals surface area contributed by atoms with Gasteiger partial charge < -0.3 is 28.7 Å². The highest BCUT2D eigenvalue weighted by Gasteiger charge is 2.48. The molecular weight excluding hydrogens is 671 g/mol. The van der Waals surface area contributed by atoms with Gasteiger partial charge in [0.1, 0.15) is 23.0 Å². The molecule has 0 unspecified atom stereocenters. The maximum absolute atomic E-state index is 13.3. The van der Waals surface area contributed by atoms with Crippen LogP contribution in [0, 0.1) is 5.41 Å². The van der Waals surface area contributed by atoms with Gasteiger partial charge >= 0.3 is 18.3 Å². The second-order valence-corrected chi connectivity index (χ2v) is 14.6. The van der Waals surface area contributed by atoms with Gasteiger partial charge in [-0.2, -0.15) is 23.1 Å². The van der Waals surface area contributed by atoms with Crippen LogP contribution >= 0.6 is 15.9 Å². The molecule has 14 heteroatoms. The van der Waals surface area contributed by atoms with Gasteiger partial charge in [0.15, 0.2) is 12.4 Å². The maximum Gasteiger partial charge on any atom is 0.422 e. The Labute approximate surface area is 275 Å². The molecule has 4 fully saturated rings. The van der Waals surface area contributed by atoms with E-state index in [9.17, 15) is 18.0 Å². The van der Waals surface area contributed by atoms with Gasteiger partial charge in [0.05, 0.1) is 23.7 Å². The highest BCUT2D eigenvalue weighted by atomic mass is 79.9. The van der Waals surface area contributed by atoms with E-state index in [2.05, 4.69) is 37.3 Å². The lowest BCUT2D eigenvalue weighted by Gasteiger charge is -2.53. The highest BCUT2D eigenvalue weighted by molar-refractivity contribution is 9.10. The van der Waals surface area contributed by atoms with Crippen molar-refractivity contribution in [3.05, 3.63) is 22.7 Å². The summed E-state index contributed by atoms with van der Waals surface area (Å²) in [5.41, 5.74) is 0.245. The maximum atomic E-state index is 13.3. The number of piperidine rings is 2. The molecule has 10 nitrogen and oxygen atoms in total. The van der Waals surface area contributed by atoms with Crippen LogP contribution in [-0.2, 0) is 9.47 Å². The molecule has 4 saturated heterocycles. The molecule has 0 bridgehead atoms. The monoisotopic (exact) mass is 711 g/mol. The zero-order valence-electron chi connectivity index (χ0n) is 26.5. The zero-order valence-corrected chi connectivity index (χ0v) is 28.1. The Morgan fingerprint density at radius 3 is 2.37 bits per heavy atom. The van der Waals surface area contributed by atoms with E-state index in [-0.39, 0.29) is 34.9 Å². The number of halogens is 4. The van der Waals surface area contributed by atoms with Crippen molar-refractivity contribution in [3.8, 4) is 11.8 Å². The first kappa shape index (κ1) is 33.1. The van der Waals surface area contributed by atoms with Gasteiger partial charge in [-0.25, -0.2) is 4.79 Å². The Morgan fingerprint density at radius 2 is 1.80 bits per heavy atom. The van der Waals surface area contributed by atoms with Crippen molar-refractivity contribution < 1.29 is 36.9 Å². The number of rotatable bonds is 7. The Kier molecular flexibility index (Phi) is 9.09. The van der Waals surface area contributed by atoms with Crippen LogP contribution in [0.15, 0.2) is 17.1 Å². The number of carbonyl (C=O) groups excluding carboxylic acids is 1. The van der Waals surface area contributed by atoms with Crippen molar-refractivity contribution in [3.63, 3.8) is 0 Å². The number of anilines is 1. The van der Waals surface area contributed by atoms with Crippen LogP contribution in [0.5, 0.6) is 11.8 Å². The number of ether oxygens (including phenoxy) is 4. The fourth-order valence-corrected chi connectivity index (χ4v) is 7.17. The molecule has 4 aliphatic rings. The predicted molar refractivity (Wildman–Crippen MR) is 170 cm³/mol. The molecule has 6 rings (SSSR count). The lowest BCUT2D eigenvalue weighted by molar-refractivity contribution is -0.153. The third-order valence-electron chi connectivity index (χ3n) is 9.19. The number of fused-ring (bicyclic) bond motifs is 1. The normalized spacial score (nSPS) is 21.2. The first-order valence-corrected chi connectivity index (χ1v) is 16.6. The Morgan fingerprint density at radius 1 is 1.13 bits per heavy atom. The molecule has 5 heterocycles. The molecule has 0 atom stereocenters. The van der Waals surface area contributed by atoms with Gasteiger partial charge in [-0.15, -0.1) is 0 Å². The molecule has 1 amide bonds. The number of hydrogen-bond acceptors (Lipinski definition) is 9. The standard InChI is InChI=1S/C32H41BrF3N5O5/c1-5-20-14-23-25(26(24(20)33)44-19-32(34,35)36)37-28(45-22-6-10-39(11-7-22)21-15-43-16-21)38-27(23)40-12-8-31(9-13-40)17-41(18-31)29(42)46-30(2,3)4/h5,14,21-22H,1,6-13,15-19H2,2-4H3. The predicted octanol–water partition coefficient (Wildman–Crippen LogP) is 6.06. The molecule has 0 aliphatic carbocycles. The molecule has 0 saturated carbocycles. The van der Waals surface area contributed by atoms with Crippen molar-refractivity contribution in [2.45, 2.75) is 70.4 Å². The highest BCUT2D eigenvalue weighted by Crippen LogP contribution is 2.45. The van der Waals surface area contributed by atoms with Gasteiger partial charge in [0.25, 0.3) is 0 Å². The number of hydrogen-bond donors (Lipinski definition) is 0. The molecule has 46 heavy (non-hydrogen) atoms. The van der Waals surface area contributed by atoms with Crippen LogP contribution in [0.25, 0.3) is 17.0 Å². The van der Waals surface area contributed by atoms with Crippen molar-refractivity contribution in [2.75, 3.05) is 64.0 Å². The molecule has 252 valence electrons. The van der Waals surface area contributed by atoms with E-state index in [0.717, 1.165) is 52.0 Å². The summed E-state index contributed by atoms with van der Waals surface area (Å²) in [6.07, 6.45) is -0.208. The second kappa shape index (κ2) is 12.6. The number of aromatic nitrogens is 2. The summed E-state index contributed by atoms with van der Waals surface area (Å²) in [6.45, 7) is 13.7. The summed E-state index contributed by atoms with van der Waals surface area (Å²) in [7, 11) is 0. The molecule has 1 aromatic heterocycles. The average molecular weight is 713 g/mol. The Hall–Kier alpha value is -2.84. The van der Waals surface area contributed by atoms with E-state index in [1.54, 1.807) is 11.0 Å². The third-order valence-corrected chi connectivity index (χ3v) is 10.0. The van der Waals surface area contributed by atoms with Gasteiger partial charge in [0, 0.05) is 50.1 Å². The van der Waals surface area contributed by atoms with Crippen molar-refractivity contribution in [2.24, 2.45) is 5.41 Å². The minimum atomic E-state index is -4.54. The van der Waals surface area contributed by atoms with E-state index >= 15 is 0 Å². The van der Waals surface area contributed by atoms with E-state index < -0.39 is 18.4 Å². The number of alkyl halides is 3. The molecule has 2 aromatic rings. The Bertz CT molecular complexity index is 1460. The number of likely N-dealkylation sites (tertiary alicyclic amines) is 2. The number of benzene rings is 1. The summed E-state index contributed by atoms with van der Waals surface area (Å²) in [5.74, 6) is 0.549. The summed E-state index contributed by atoms with van der Waals surface area (Å²) < 4.78 is 62.9. The quantitative estimate of drug-likeness (QED) is 0.340.